The maximum absolute atomic E-state index is 13.4. The fourth-order valence-electron chi connectivity index (χ4n) is 3.81. The Kier molecular flexibility index (Phi) is 6.63. The maximum atomic E-state index is 13.4. The number of nitrogens with one attached hydrogen (secondary N) is 1. The number of carbonyl (C=O) groups is 3. The van der Waals surface area contributed by atoms with Crippen LogP contribution in [-0.2, 0) is 21.6 Å². The lowest BCUT2D eigenvalue weighted by Crippen LogP contribution is -2.43. The summed E-state index contributed by atoms with van der Waals surface area (Å²) in [5.74, 6) is -0.0172. The van der Waals surface area contributed by atoms with Gasteiger partial charge in [-0.25, -0.2) is 9.59 Å². The first-order valence-electron chi connectivity index (χ1n) is 10.4. The Morgan fingerprint density at radius 3 is 2.55 bits per heavy atom. The van der Waals surface area contributed by atoms with Crippen LogP contribution in [0.2, 0.25) is 0 Å². The van der Waals surface area contributed by atoms with E-state index in [9.17, 15) is 14.4 Å². The van der Waals surface area contributed by atoms with Crippen molar-refractivity contribution in [2.45, 2.75) is 45.7 Å². The normalized spacial score (nSPS) is 18.1. The van der Waals surface area contributed by atoms with Crippen molar-refractivity contribution in [3.8, 4) is 5.75 Å². The lowest BCUT2D eigenvalue weighted by molar-refractivity contribution is -0.132. The number of nitrogens with zero attached hydrogens (tertiary/aromatic N) is 1. The zero-order valence-electron chi connectivity index (χ0n) is 18.4. The van der Waals surface area contributed by atoms with Gasteiger partial charge in [0, 0.05) is 0 Å². The number of urea groups is 1. The number of rotatable bonds is 8. The molecule has 1 saturated heterocycles. The fourth-order valence-corrected chi connectivity index (χ4v) is 3.81. The lowest BCUT2D eigenvalue weighted by atomic mass is 9.86. The van der Waals surface area contributed by atoms with Crippen molar-refractivity contribution in [1.82, 2.24) is 10.2 Å². The molecule has 3 rings (SSSR count). The summed E-state index contributed by atoms with van der Waals surface area (Å²) in [6.07, 6.45) is 1.14. The highest BCUT2D eigenvalue weighted by molar-refractivity contribution is 6.07. The average Bonchev–Trinajstić information content (AvgIpc) is 3.02. The quantitative estimate of drug-likeness (QED) is 0.513. The Bertz CT molecular complexity index is 1000. The monoisotopic (exact) mass is 424 g/mol. The Morgan fingerprint density at radius 2 is 1.90 bits per heavy atom. The molecule has 0 bridgehead atoms. The van der Waals surface area contributed by atoms with E-state index in [4.69, 9.17) is 9.47 Å². The SMILES string of the molecule is CCCOC(=O)c1cccc(CN2C(=O)NC(CC)(c3ccc(OC)c(C)c3)C2=O)c1. The van der Waals surface area contributed by atoms with E-state index in [2.05, 4.69) is 5.32 Å². The highest BCUT2D eigenvalue weighted by Gasteiger charge is 2.51. The third kappa shape index (κ3) is 4.26. The predicted octanol–water partition coefficient (Wildman–Crippen LogP) is 3.93. The van der Waals surface area contributed by atoms with Crippen LogP contribution >= 0.6 is 0 Å². The molecule has 1 fully saturated rings. The van der Waals surface area contributed by atoms with E-state index >= 15 is 0 Å². The Hall–Kier alpha value is -3.35. The Labute approximate surface area is 182 Å². The van der Waals surface area contributed by atoms with Gasteiger partial charge < -0.3 is 14.8 Å². The van der Waals surface area contributed by atoms with Crippen LogP contribution in [0.15, 0.2) is 42.5 Å². The number of benzene rings is 2. The zero-order chi connectivity index (χ0) is 22.6. The van der Waals surface area contributed by atoms with E-state index in [0.717, 1.165) is 17.7 Å². The highest BCUT2D eigenvalue weighted by atomic mass is 16.5. The van der Waals surface area contributed by atoms with Gasteiger partial charge in [0.25, 0.3) is 5.91 Å². The molecule has 2 aromatic rings. The number of ether oxygens (including phenoxy) is 2. The van der Waals surface area contributed by atoms with E-state index in [1.165, 1.54) is 4.90 Å². The van der Waals surface area contributed by atoms with Crippen LogP contribution in [-0.4, -0.2) is 36.5 Å². The molecule has 7 heteroatoms. The number of methoxy groups -OCH3 is 1. The second-order valence-electron chi connectivity index (χ2n) is 7.60. The van der Waals surface area contributed by atoms with E-state index < -0.39 is 17.5 Å². The second-order valence-corrected chi connectivity index (χ2v) is 7.60. The van der Waals surface area contributed by atoms with Gasteiger partial charge in [-0.1, -0.05) is 32.0 Å². The van der Waals surface area contributed by atoms with Crippen molar-refractivity contribution in [2.24, 2.45) is 0 Å². The van der Waals surface area contributed by atoms with Crippen LogP contribution in [0, 0.1) is 6.92 Å². The largest absolute Gasteiger partial charge is 0.496 e. The molecule has 0 saturated carbocycles. The highest BCUT2D eigenvalue weighted by Crippen LogP contribution is 2.35. The van der Waals surface area contributed by atoms with Gasteiger partial charge in [-0.3, -0.25) is 9.69 Å². The first-order chi connectivity index (χ1) is 14.9. The topological polar surface area (TPSA) is 84.9 Å². The average molecular weight is 424 g/mol. The van der Waals surface area contributed by atoms with Crippen LogP contribution in [0.25, 0.3) is 0 Å². The molecule has 1 heterocycles. The van der Waals surface area contributed by atoms with Crippen molar-refractivity contribution in [1.29, 1.82) is 0 Å². The summed E-state index contributed by atoms with van der Waals surface area (Å²) in [5, 5.41) is 2.89. The van der Waals surface area contributed by atoms with Gasteiger partial charge in [0.1, 0.15) is 11.3 Å². The Balaban J connectivity index is 1.86. The standard InChI is InChI=1S/C24H28N2O5/c1-5-12-31-21(27)18-9-7-8-17(14-18)15-26-22(28)24(6-2,25-23(26)29)19-10-11-20(30-4)16(3)13-19/h7-11,13-14H,5-6,12,15H2,1-4H3,(H,25,29). The van der Waals surface area contributed by atoms with E-state index in [0.29, 0.717) is 29.7 Å². The third-order valence-corrected chi connectivity index (χ3v) is 5.53. The summed E-state index contributed by atoms with van der Waals surface area (Å²) in [6.45, 7) is 6.10. The van der Waals surface area contributed by atoms with Gasteiger partial charge in [0.05, 0.1) is 25.8 Å². The molecule has 7 nitrogen and oxygen atoms in total. The molecule has 1 aliphatic heterocycles. The summed E-state index contributed by atoms with van der Waals surface area (Å²) >= 11 is 0. The summed E-state index contributed by atoms with van der Waals surface area (Å²) in [7, 11) is 1.59. The van der Waals surface area contributed by atoms with Crippen molar-refractivity contribution in [3.05, 3.63) is 64.7 Å². The van der Waals surface area contributed by atoms with Crippen molar-refractivity contribution < 1.29 is 23.9 Å². The molecule has 1 unspecified atom stereocenters. The number of amides is 3. The second kappa shape index (κ2) is 9.20. The van der Waals surface area contributed by atoms with Crippen LogP contribution < -0.4 is 10.1 Å². The summed E-state index contributed by atoms with van der Waals surface area (Å²) in [5.41, 5.74) is 1.53. The van der Waals surface area contributed by atoms with Gasteiger partial charge in [0.15, 0.2) is 0 Å². The summed E-state index contributed by atoms with van der Waals surface area (Å²) < 4.78 is 10.5. The Morgan fingerprint density at radius 1 is 1.13 bits per heavy atom. The zero-order valence-corrected chi connectivity index (χ0v) is 18.4. The molecule has 3 amide bonds. The lowest BCUT2D eigenvalue weighted by Gasteiger charge is -2.26. The van der Waals surface area contributed by atoms with Crippen LogP contribution in [0.1, 0.15) is 53.7 Å². The summed E-state index contributed by atoms with van der Waals surface area (Å²) in [6, 6.07) is 11.8. The van der Waals surface area contributed by atoms with Gasteiger partial charge in [-0.2, -0.15) is 0 Å². The molecular formula is C24H28N2O5. The molecule has 2 aromatic carbocycles. The predicted molar refractivity (Wildman–Crippen MR) is 116 cm³/mol. The molecule has 0 aliphatic carbocycles. The van der Waals surface area contributed by atoms with E-state index in [1.807, 2.05) is 26.8 Å². The van der Waals surface area contributed by atoms with Crippen LogP contribution in [0.4, 0.5) is 4.79 Å². The molecule has 0 spiro atoms. The summed E-state index contributed by atoms with van der Waals surface area (Å²) in [4.78, 5) is 39.5. The van der Waals surface area contributed by atoms with Crippen LogP contribution in [0.5, 0.6) is 5.75 Å². The third-order valence-electron chi connectivity index (χ3n) is 5.53. The smallest absolute Gasteiger partial charge is 0.338 e. The number of hydrogen-bond donors (Lipinski definition) is 1. The number of imide groups is 1. The minimum absolute atomic E-state index is 0.0659. The van der Waals surface area contributed by atoms with Crippen molar-refractivity contribution in [3.63, 3.8) is 0 Å². The molecule has 0 aromatic heterocycles. The van der Waals surface area contributed by atoms with Crippen LogP contribution in [0.3, 0.4) is 0 Å². The van der Waals surface area contributed by atoms with Gasteiger partial charge >= 0.3 is 12.0 Å². The number of carbonyl (C=O) groups excluding carboxylic acids is 3. The van der Waals surface area contributed by atoms with Gasteiger partial charge in [-0.05, 0) is 60.7 Å². The minimum atomic E-state index is -1.13. The molecule has 164 valence electrons. The molecule has 31 heavy (non-hydrogen) atoms. The van der Waals surface area contributed by atoms with E-state index in [1.54, 1.807) is 43.5 Å². The van der Waals surface area contributed by atoms with Crippen molar-refractivity contribution >= 4 is 17.9 Å². The molecular weight excluding hydrogens is 396 g/mol. The first kappa shape index (κ1) is 22.3. The van der Waals surface area contributed by atoms with Gasteiger partial charge in [0.2, 0.25) is 0 Å². The number of aryl methyl sites for hydroxylation is 1. The number of esters is 1. The van der Waals surface area contributed by atoms with Crippen molar-refractivity contribution in [2.75, 3.05) is 13.7 Å². The minimum Gasteiger partial charge on any atom is -0.496 e. The first-order valence-corrected chi connectivity index (χ1v) is 10.4. The molecule has 1 aliphatic rings. The van der Waals surface area contributed by atoms with Gasteiger partial charge in [-0.15, -0.1) is 0 Å². The number of hydrogen-bond acceptors (Lipinski definition) is 5. The fraction of sp³-hybridized carbons (Fsp3) is 0.375. The molecule has 0 radical (unpaired) electrons. The molecule has 1 atom stereocenters. The van der Waals surface area contributed by atoms with E-state index in [-0.39, 0.29) is 12.5 Å². The molecule has 1 N–H and O–H groups in total. The maximum Gasteiger partial charge on any atom is 0.338 e.